The van der Waals surface area contributed by atoms with Gasteiger partial charge in [-0.05, 0) is 18.6 Å². The fourth-order valence-electron chi connectivity index (χ4n) is 1.27. The summed E-state index contributed by atoms with van der Waals surface area (Å²) in [6.45, 7) is 0.206. The number of hydrogen-bond acceptors (Lipinski definition) is 4. The molecule has 0 amide bonds. The first-order valence-corrected chi connectivity index (χ1v) is 7.42. The average Bonchev–Trinajstić information content (AvgIpc) is 2.24. The van der Waals surface area contributed by atoms with Crippen molar-refractivity contribution in [2.75, 3.05) is 18.6 Å². The number of para-hydroxylation sites is 1. The Morgan fingerprint density at radius 3 is 2.71 bits per heavy atom. The number of rotatable bonds is 6. The summed E-state index contributed by atoms with van der Waals surface area (Å²) < 4.78 is 27.1. The number of sulfone groups is 1. The fraction of sp³-hybridized carbons (Fsp3) is 0.364. The number of carbonyl (C=O) groups is 1. The molecule has 0 heterocycles. The highest BCUT2D eigenvalue weighted by Gasteiger charge is 2.08. The third kappa shape index (κ3) is 4.75. The number of benzene rings is 1. The van der Waals surface area contributed by atoms with Crippen LogP contribution in [0.4, 0.5) is 0 Å². The molecule has 0 saturated heterocycles. The van der Waals surface area contributed by atoms with Gasteiger partial charge in [0.2, 0.25) is 0 Å². The normalized spacial score (nSPS) is 11.2. The predicted molar refractivity (Wildman–Crippen MR) is 66.7 cm³/mol. The van der Waals surface area contributed by atoms with Crippen molar-refractivity contribution in [3.63, 3.8) is 0 Å². The maximum Gasteiger partial charge on any atom is 0.153 e. The number of aldehydes is 1. The van der Waals surface area contributed by atoms with Crippen LogP contribution in [-0.2, 0) is 9.84 Å². The first kappa shape index (κ1) is 14.0. The number of ether oxygens (including phenoxy) is 1. The van der Waals surface area contributed by atoms with Gasteiger partial charge in [0, 0.05) is 6.26 Å². The van der Waals surface area contributed by atoms with E-state index in [4.69, 9.17) is 16.3 Å². The highest BCUT2D eigenvalue weighted by molar-refractivity contribution is 7.90. The summed E-state index contributed by atoms with van der Waals surface area (Å²) in [7, 11) is -2.99. The summed E-state index contributed by atoms with van der Waals surface area (Å²) >= 11 is 5.87. The molecule has 6 heteroatoms. The minimum Gasteiger partial charge on any atom is -0.491 e. The van der Waals surface area contributed by atoms with Crippen molar-refractivity contribution in [1.82, 2.24) is 0 Å². The quantitative estimate of drug-likeness (QED) is 0.589. The van der Waals surface area contributed by atoms with Gasteiger partial charge in [0.25, 0.3) is 0 Å². The van der Waals surface area contributed by atoms with E-state index in [-0.39, 0.29) is 12.4 Å². The van der Waals surface area contributed by atoms with Crippen molar-refractivity contribution in [3.8, 4) is 5.75 Å². The lowest BCUT2D eigenvalue weighted by Crippen LogP contribution is -2.08. The summed E-state index contributed by atoms with van der Waals surface area (Å²) in [5, 5.41) is 0.342. The standard InChI is InChI=1S/C11H13ClO4S/c1-17(14,15)7-3-6-16-11-9(8-13)4-2-5-10(11)12/h2,4-5,8H,3,6-7H2,1H3. The van der Waals surface area contributed by atoms with Gasteiger partial charge in [0.15, 0.2) is 6.29 Å². The zero-order valence-corrected chi connectivity index (χ0v) is 10.9. The van der Waals surface area contributed by atoms with Crippen LogP contribution in [0.1, 0.15) is 16.8 Å². The molecule has 1 aromatic carbocycles. The van der Waals surface area contributed by atoms with E-state index < -0.39 is 9.84 Å². The van der Waals surface area contributed by atoms with Crippen molar-refractivity contribution >= 4 is 27.7 Å². The van der Waals surface area contributed by atoms with Crippen molar-refractivity contribution in [1.29, 1.82) is 0 Å². The molecule has 0 atom stereocenters. The lowest BCUT2D eigenvalue weighted by atomic mass is 10.2. The summed E-state index contributed by atoms with van der Waals surface area (Å²) in [6.07, 6.45) is 2.18. The maximum absolute atomic E-state index is 10.9. The Morgan fingerprint density at radius 2 is 2.12 bits per heavy atom. The monoisotopic (exact) mass is 276 g/mol. The SMILES string of the molecule is CS(=O)(=O)CCCOc1c(Cl)cccc1C=O. The minimum atomic E-state index is -2.99. The van der Waals surface area contributed by atoms with E-state index in [0.29, 0.717) is 29.0 Å². The number of hydrogen-bond donors (Lipinski definition) is 0. The molecule has 0 aliphatic rings. The molecule has 0 bridgehead atoms. The molecule has 0 radical (unpaired) electrons. The molecule has 0 aliphatic heterocycles. The van der Waals surface area contributed by atoms with E-state index in [0.717, 1.165) is 0 Å². The Balaban J connectivity index is 2.60. The van der Waals surface area contributed by atoms with Crippen LogP contribution in [0.5, 0.6) is 5.75 Å². The molecule has 0 spiro atoms. The molecular weight excluding hydrogens is 264 g/mol. The summed E-state index contributed by atoms with van der Waals surface area (Å²) in [6, 6.07) is 4.85. The molecule has 94 valence electrons. The second-order valence-electron chi connectivity index (χ2n) is 3.61. The van der Waals surface area contributed by atoms with E-state index in [9.17, 15) is 13.2 Å². The summed E-state index contributed by atoms with van der Waals surface area (Å²) in [4.78, 5) is 10.7. The molecule has 0 unspecified atom stereocenters. The minimum absolute atomic E-state index is 0.0495. The van der Waals surface area contributed by atoms with Gasteiger partial charge in [-0.15, -0.1) is 0 Å². The van der Waals surface area contributed by atoms with Crippen LogP contribution < -0.4 is 4.74 Å². The largest absolute Gasteiger partial charge is 0.491 e. The van der Waals surface area contributed by atoms with Crippen molar-refractivity contribution in [3.05, 3.63) is 28.8 Å². The smallest absolute Gasteiger partial charge is 0.153 e. The van der Waals surface area contributed by atoms with Gasteiger partial charge >= 0.3 is 0 Å². The second kappa shape index (κ2) is 6.02. The van der Waals surface area contributed by atoms with Crippen molar-refractivity contribution < 1.29 is 17.9 Å². The van der Waals surface area contributed by atoms with Gasteiger partial charge in [-0.3, -0.25) is 4.79 Å². The molecule has 0 aromatic heterocycles. The van der Waals surface area contributed by atoms with E-state index in [2.05, 4.69) is 0 Å². The number of carbonyl (C=O) groups excluding carboxylic acids is 1. The van der Waals surface area contributed by atoms with E-state index in [1.165, 1.54) is 6.26 Å². The molecule has 0 N–H and O–H groups in total. The second-order valence-corrected chi connectivity index (χ2v) is 6.27. The van der Waals surface area contributed by atoms with Crippen LogP contribution in [0.15, 0.2) is 18.2 Å². The van der Waals surface area contributed by atoms with E-state index in [1.807, 2.05) is 0 Å². The van der Waals surface area contributed by atoms with Gasteiger partial charge in [-0.1, -0.05) is 17.7 Å². The highest BCUT2D eigenvalue weighted by atomic mass is 35.5. The van der Waals surface area contributed by atoms with Gasteiger partial charge in [0.05, 0.1) is 22.9 Å². The lowest BCUT2D eigenvalue weighted by molar-refractivity contribution is 0.111. The van der Waals surface area contributed by atoms with Crippen LogP contribution in [0.3, 0.4) is 0 Å². The molecule has 0 saturated carbocycles. The van der Waals surface area contributed by atoms with E-state index in [1.54, 1.807) is 18.2 Å². The Morgan fingerprint density at radius 1 is 1.41 bits per heavy atom. The molecule has 17 heavy (non-hydrogen) atoms. The predicted octanol–water partition coefficient (Wildman–Crippen LogP) is 1.97. The third-order valence-corrected chi connectivity index (χ3v) is 3.36. The van der Waals surface area contributed by atoms with Gasteiger partial charge < -0.3 is 4.74 Å². The fourth-order valence-corrected chi connectivity index (χ4v) is 2.14. The third-order valence-electron chi connectivity index (χ3n) is 2.03. The van der Waals surface area contributed by atoms with E-state index >= 15 is 0 Å². The molecule has 1 rings (SSSR count). The number of halogens is 1. The topological polar surface area (TPSA) is 60.4 Å². The van der Waals surface area contributed by atoms with Crippen LogP contribution in [0.2, 0.25) is 5.02 Å². The van der Waals surface area contributed by atoms with Gasteiger partial charge in [-0.25, -0.2) is 8.42 Å². The zero-order chi connectivity index (χ0) is 12.9. The Labute approximate surface area is 105 Å². The molecule has 1 aromatic rings. The maximum atomic E-state index is 10.9. The summed E-state index contributed by atoms with van der Waals surface area (Å²) in [5.41, 5.74) is 0.358. The molecular formula is C11H13ClO4S. The Kier molecular flexibility index (Phi) is 4.96. The first-order valence-electron chi connectivity index (χ1n) is 4.98. The van der Waals surface area contributed by atoms with Crippen molar-refractivity contribution in [2.45, 2.75) is 6.42 Å². The van der Waals surface area contributed by atoms with Crippen molar-refractivity contribution in [2.24, 2.45) is 0 Å². The first-order chi connectivity index (χ1) is 7.94. The Bertz CT molecular complexity index is 496. The van der Waals surface area contributed by atoms with Gasteiger partial charge in [-0.2, -0.15) is 0 Å². The van der Waals surface area contributed by atoms with Crippen LogP contribution in [-0.4, -0.2) is 33.3 Å². The van der Waals surface area contributed by atoms with Crippen LogP contribution in [0, 0.1) is 0 Å². The molecule has 0 aliphatic carbocycles. The molecule has 4 nitrogen and oxygen atoms in total. The average molecular weight is 277 g/mol. The summed E-state index contributed by atoms with van der Waals surface area (Å²) in [5.74, 6) is 0.353. The van der Waals surface area contributed by atoms with Gasteiger partial charge in [0.1, 0.15) is 15.6 Å². The lowest BCUT2D eigenvalue weighted by Gasteiger charge is -2.09. The Hall–Kier alpha value is -1.07. The van der Waals surface area contributed by atoms with Crippen LogP contribution >= 0.6 is 11.6 Å². The zero-order valence-electron chi connectivity index (χ0n) is 9.35. The van der Waals surface area contributed by atoms with Crippen LogP contribution in [0.25, 0.3) is 0 Å². The highest BCUT2D eigenvalue weighted by Crippen LogP contribution is 2.27. The molecule has 0 fully saturated rings.